The highest BCUT2D eigenvalue weighted by molar-refractivity contribution is 8.18. The standard InChI is InChI=1S/C25H20N2O6S/c1-3-27-22(28)21(34-25(27)26-17-6-4-5-15(12-17)23(29)30)13-18-8-10-20(33-18)19-9-7-16(24(31)32)11-14(19)2/h4-13H,3H2,1-2H3,(H,29,30)(H,31,32)/b21-13-,26-25?. The molecule has 9 heteroatoms. The van der Waals surface area contributed by atoms with E-state index in [4.69, 9.17) is 9.52 Å². The molecule has 172 valence electrons. The number of amidine groups is 1. The van der Waals surface area contributed by atoms with Crippen LogP contribution in [0.1, 0.15) is 39.0 Å². The molecule has 1 saturated heterocycles. The first-order valence-corrected chi connectivity index (χ1v) is 11.2. The highest BCUT2D eigenvalue weighted by Crippen LogP contribution is 2.35. The molecule has 8 nitrogen and oxygen atoms in total. The predicted molar refractivity (Wildman–Crippen MR) is 129 cm³/mol. The average molecular weight is 477 g/mol. The zero-order valence-corrected chi connectivity index (χ0v) is 19.1. The van der Waals surface area contributed by atoms with Crippen LogP contribution in [0, 0.1) is 6.92 Å². The van der Waals surface area contributed by atoms with Gasteiger partial charge >= 0.3 is 11.9 Å². The number of carbonyl (C=O) groups excluding carboxylic acids is 1. The van der Waals surface area contributed by atoms with E-state index in [0.717, 1.165) is 11.1 Å². The van der Waals surface area contributed by atoms with Crippen molar-refractivity contribution in [2.45, 2.75) is 13.8 Å². The molecule has 0 aliphatic carbocycles. The van der Waals surface area contributed by atoms with Gasteiger partial charge < -0.3 is 14.6 Å². The summed E-state index contributed by atoms with van der Waals surface area (Å²) in [5.41, 5.74) is 2.27. The van der Waals surface area contributed by atoms with Gasteiger partial charge in [-0.2, -0.15) is 0 Å². The van der Waals surface area contributed by atoms with Crippen LogP contribution in [0.3, 0.4) is 0 Å². The summed E-state index contributed by atoms with van der Waals surface area (Å²) in [7, 11) is 0. The van der Waals surface area contributed by atoms with E-state index in [9.17, 15) is 19.5 Å². The molecule has 1 aromatic heterocycles. The van der Waals surface area contributed by atoms with E-state index in [-0.39, 0.29) is 17.0 Å². The number of hydrogen-bond acceptors (Lipinski definition) is 6. The molecule has 0 bridgehead atoms. The zero-order valence-electron chi connectivity index (χ0n) is 18.3. The van der Waals surface area contributed by atoms with Crippen LogP contribution in [0.5, 0.6) is 0 Å². The Balaban J connectivity index is 1.61. The van der Waals surface area contributed by atoms with Crippen molar-refractivity contribution in [2.75, 3.05) is 6.54 Å². The van der Waals surface area contributed by atoms with Gasteiger partial charge in [0.15, 0.2) is 5.17 Å². The van der Waals surface area contributed by atoms with E-state index in [0.29, 0.717) is 33.8 Å². The maximum Gasteiger partial charge on any atom is 0.335 e. The van der Waals surface area contributed by atoms with Gasteiger partial charge in [-0.1, -0.05) is 12.1 Å². The van der Waals surface area contributed by atoms with Gasteiger partial charge in [0.05, 0.1) is 21.7 Å². The number of carboxylic acid groups (broad SMARTS) is 2. The number of amides is 1. The highest BCUT2D eigenvalue weighted by Gasteiger charge is 2.32. The molecule has 1 fully saturated rings. The fraction of sp³-hybridized carbons (Fsp3) is 0.120. The molecule has 34 heavy (non-hydrogen) atoms. The number of rotatable bonds is 6. The Morgan fingerprint density at radius 2 is 1.79 bits per heavy atom. The SMILES string of the molecule is CCN1C(=O)/C(=C/c2ccc(-c3ccc(C(=O)O)cc3C)o2)SC1=Nc1cccc(C(=O)O)c1. The van der Waals surface area contributed by atoms with E-state index in [1.807, 2.05) is 6.92 Å². The van der Waals surface area contributed by atoms with Crippen LogP contribution >= 0.6 is 11.8 Å². The first-order chi connectivity index (χ1) is 16.3. The monoisotopic (exact) mass is 476 g/mol. The number of aryl methyl sites for hydroxylation is 1. The normalized spacial score (nSPS) is 15.9. The number of likely N-dealkylation sites (N-methyl/N-ethyl adjacent to an activating group) is 1. The number of benzene rings is 2. The van der Waals surface area contributed by atoms with Gasteiger partial charge in [0.1, 0.15) is 11.5 Å². The lowest BCUT2D eigenvalue weighted by molar-refractivity contribution is -0.122. The van der Waals surface area contributed by atoms with E-state index in [1.54, 1.807) is 49.4 Å². The highest BCUT2D eigenvalue weighted by atomic mass is 32.2. The lowest BCUT2D eigenvalue weighted by Gasteiger charge is -2.12. The molecule has 2 heterocycles. The number of nitrogens with zero attached hydrogens (tertiary/aromatic N) is 2. The fourth-order valence-corrected chi connectivity index (χ4v) is 4.51. The molecule has 1 aliphatic heterocycles. The molecule has 0 radical (unpaired) electrons. The van der Waals surface area contributed by atoms with E-state index in [1.165, 1.54) is 34.9 Å². The Labute approximate surface area is 199 Å². The summed E-state index contributed by atoms with van der Waals surface area (Å²) in [5, 5.41) is 18.8. The third-order valence-corrected chi connectivity index (χ3v) is 6.17. The molecule has 1 amide bonds. The minimum absolute atomic E-state index is 0.116. The molecule has 0 spiro atoms. The predicted octanol–water partition coefficient (Wildman–Crippen LogP) is 5.28. The van der Waals surface area contributed by atoms with Crippen molar-refractivity contribution >= 4 is 46.5 Å². The summed E-state index contributed by atoms with van der Waals surface area (Å²) in [6, 6.07) is 14.5. The zero-order chi connectivity index (χ0) is 24.4. The summed E-state index contributed by atoms with van der Waals surface area (Å²) in [4.78, 5) is 41.7. The summed E-state index contributed by atoms with van der Waals surface area (Å²) in [5.74, 6) is -1.24. The van der Waals surface area contributed by atoms with E-state index >= 15 is 0 Å². The summed E-state index contributed by atoms with van der Waals surface area (Å²) >= 11 is 1.18. The summed E-state index contributed by atoms with van der Waals surface area (Å²) in [6.45, 7) is 4.04. The van der Waals surface area contributed by atoms with Crippen LogP contribution in [-0.2, 0) is 4.79 Å². The van der Waals surface area contributed by atoms with Gasteiger partial charge in [0, 0.05) is 18.2 Å². The van der Waals surface area contributed by atoms with Gasteiger partial charge in [0.25, 0.3) is 5.91 Å². The number of carbonyl (C=O) groups is 3. The third-order valence-electron chi connectivity index (χ3n) is 5.16. The number of aliphatic imine (C=N–C) groups is 1. The number of furan rings is 1. The Kier molecular flexibility index (Phi) is 6.38. The van der Waals surface area contributed by atoms with Crippen LogP contribution in [-0.4, -0.2) is 44.7 Å². The van der Waals surface area contributed by atoms with Crippen LogP contribution in [0.25, 0.3) is 17.4 Å². The van der Waals surface area contributed by atoms with Crippen LogP contribution in [0.2, 0.25) is 0 Å². The lowest BCUT2D eigenvalue weighted by Crippen LogP contribution is -2.28. The molecule has 0 atom stereocenters. The molecular weight excluding hydrogens is 456 g/mol. The largest absolute Gasteiger partial charge is 0.478 e. The maximum atomic E-state index is 12.9. The molecule has 2 aromatic carbocycles. The second-order valence-corrected chi connectivity index (χ2v) is 8.46. The van der Waals surface area contributed by atoms with Gasteiger partial charge in [-0.15, -0.1) is 0 Å². The van der Waals surface area contributed by atoms with E-state index < -0.39 is 11.9 Å². The molecule has 4 rings (SSSR count). The number of aromatic carboxylic acids is 2. The first kappa shape index (κ1) is 23.1. The van der Waals surface area contributed by atoms with Crippen molar-refractivity contribution < 1.29 is 29.0 Å². The molecule has 0 unspecified atom stereocenters. The van der Waals surface area contributed by atoms with Crippen molar-refractivity contribution in [1.82, 2.24) is 4.90 Å². The van der Waals surface area contributed by atoms with Crippen molar-refractivity contribution in [3.8, 4) is 11.3 Å². The van der Waals surface area contributed by atoms with Crippen LogP contribution in [0.15, 0.2) is 68.9 Å². The Bertz CT molecular complexity index is 1370. The average Bonchev–Trinajstić information content (AvgIpc) is 3.38. The molecule has 2 N–H and O–H groups in total. The Hall–Kier alpha value is -4.11. The summed E-state index contributed by atoms with van der Waals surface area (Å²) < 4.78 is 5.91. The van der Waals surface area contributed by atoms with Gasteiger partial charge in [-0.05, 0) is 73.6 Å². The number of carboxylic acids is 2. The van der Waals surface area contributed by atoms with Crippen molar-refractivity contribution in [3.63, 3.8) is 0 Å². The van der Waals surface area contributed by atoms with Crippen molar-refractivity contribution in [3.05, 3.63) is 82.0 Å². The number of thioether (sulfide) groups is 1. The van der Waals surface area contributed by atoms with E-state index in [2.05, 4.69) is 4.99 Å². The lowest BCUT2D eigenvalue weighted by atomic mass is 10.0. The smallest absolute Gasteiger partial charge is 0.335 e. The Morgan fingerprint density at radius 1 is 1.06 bits per heavy atom. The minimum atomic E-state index is -1.05. The first-order valence-electron chi connectivity index (χ1n) is 10.3. The van der Waals surface area contributed by atoms with Crippen molar-refractivity contribution in [1.29, 1.82) is 0 Å². The topological polar surface area (TPSA) is 120 Å². The summed E-state index contributed by atoms with van der Waals surface area (Å²) in [6.07, 6.45) is 1.64. The van der Waals surface area contributed by atoms with Gasteiger partial charge in [-0.3, -0.25) is 9.69 Å². The second kappa shape index (κ2) is 9.40. The third kappa shape index (κ3) is 4.65. The molecule has 3 aromatic rings. The van der Waals surface area contributed by atoms with Gasteiger partial charge in [-0.25, -0.2) is 14.6 Å². The molecule has 0 saturated carbocycles. The fourth-order valence-electron chi connectivity index (χ4n) is 3.47. The van der Waals surface area contributed by atoms with Crippen LogP contribution < -0.4 is 0 Å². The molecule has 1 aliphatic rings. The van der Waals surface area contributed by atoms with Gasteiger partial charge in [0.2, 0.25) is 0 Å². The maximum absolute atomic E-state index is 12.9. The quantitative estimate of drug-likeness (QED) is 0.465. The minimum Gasteiger partial charge on any atom is -0.478 e. The second-order valence-electron chi connectivity index (χ2n) is 7.45. The van der Waals surface area contributed by atoms with Crippen LogP contribution in [0.4, 0.5) is 5.69 Å². The van der Waals surface area contributed by atoms with Crippen molar-refractivity contribution in [2.24, 2.45) is 4.99 Å². The number of hydrogen-bond donors (Lipinski definition) is 2. The Morgan fingerprint density at radius 3 is 2.47 bits per heavy atom. The molecular formula is C25H20N2O6S.